The first-order chi connectivity index (χ1) is 9.76. The zero-order valence-electron chi connectivity index (χ0n) is 12.1. The first kappa shape index (κ1) is 15.0. The van der Waals surface area contributed by atoms with E-state index in [2.05, 4.69) is 4.98 Å². The van der Waals surface area contributed by atoms with Gasteiger partial charge in [-0.05, 0) is 20.8 Å². The van der Waals surface area contributed by atoms with Crippen molar-refractivity contribution in [3.05, 3.63) is 28.6 Å². The third-order valence-corrected chi connectivity index (χ3v) is 2.75. The molecule has 0 aromatic carbocycles. The molecule has 1 aromatic rings. The number of hydrogen-bond acceptors (Lipinski definition) is 6. The van der Waals surface area contributed by atoms with Crippen LogP contribution in [0, 0.1) is 10.1 Å². The van der Waals surface area contributed by atoms with Crippen LogP contribution >= 0.6 is 0 Å². The van der Waals surface area contributed by atoms with Crippen molar-refractivity contribution >= 4 is 11.8 Å². The van der Waals surface area contributed by atoms with Crippen molar-refractivity contribution in [2.45, 2.75) is 32.5 Å². The second-order valence-electron chi connectivity index (χ2n) is 5.73. The Kier molecular flexibility index (Phi) is 3.97. The van der Waals surface area contributed by atoms with Crippen LogP contribution in [0.5, 0.6) is 5.75 Å². The highest BCUT2D eigenvalue weighted by atomic mass is 16.6. The molecule has 21 heavy (non-hydrogen) atoms. The Morgan fingerprint density at radius 3 is 2.71 bits per heavy atom. The first-order valence-electron chi connectivity index (χ1n) is 6.49. The number of amides is 1. The first-order valence-corrected chi connectivity index (χ1v) is 6.49. The van der Waals surface area contributed by atoms with Gasteiger partial charge in [-0.25, -0.2) is 4.79 Å². The predicted molar refractivity (Wildman–Crippen MR) is 73.1 cm³/mol. The lowest BCUT2D eigenvalue weighted by Gasteiger charge is -2.39. The highest BCUT2D eigenvalue weighted by molar-refractivity contribution is 5.69. The number of rotatable bonds is 3. The summed E-state index contributed by atoms with van der Waals surface area (Å²) in [4.78, 5) is 27.2. The van der Waals surface area contributed by atoms with E-state index in [0.29, 0.717) is 13.1 Å². The second kappa shape index (κ2) is 5.55. The maximum absolute atomic E-state index is 11.7. The monoisotopic (exact) mass is 295 g/mol. The molecule has 0 spiro atoms. The summed E-state index contributed by atoms with van der Waals surface area (Å²) in [7, 11) is 0. The molecule has 0 unspecified atom stereocenters. The highest BCUT2D eigenvalue weighted by Gasteiger charge is 2.36. The average molecular weight is 295 g/mol. The van der Waals surface area contributed by atoms with E-state index in [1.165, 1.54) is 17.2 Å². The van der Waals surface area contributed by atoms with E-state index in [4.69, 9.17) is 9.47 Å². The minimum absolute atomic E-state index is 0.156. The number of pyridine rings is 1. The molecular formula is C13H17N3O5. The van der Waals surface area contributed by atoms with Gasteiger partial charge in [-0.3, -0.25) is 15.1 Å². The lowest BCUT2D eigenvalue weighted by atomic mass is 10.1. The molecule has 1 aromatic heterocycles. The van der Waals surface area contributed by atoms with Crippen molar-refractivity contribution in [1.29, 1.82) is 0 Å². The van der Waals surface area contributed by atoms with Gasteiger partial charge in [0.1, 0.15) is 17.9 Å². The molecule has 0 bridgehead atoms. The summed E-state index contributed by atoms with van der Waals surface area (Å²) in [5, 5.41) is 10.8. The summed E-state index contributed by atoms with van der Waals surface area (Å²) in [5.74, 6) is 0.156. The molecule has 8 heteroatoms. The van der Waals surface area contributed by atoms with Crippen LogP contribution in [-0.2, 0) is 4.74 Å². The van der Waals surface area contributed by atoms with Crippen LogP contribution in [0.3, 0.4) is 0 Å². The minimum atomic E-state index is -0.549. The van der Waals surface area contributed by atoms with Gasteiger partial charge in [0, 0.05) is 12.3 Å². The van der Waals surface area contributed by atoms with Gasteiger partial charge in [-0.1, -0.05) is 0 Å². The number of nitro groups is 1. The standard InChI is InChI=1S/C13H17N3O5/c1-13(2,3)21-12(17)15-7-9(8-15)20-11-4-5-14-6-10(11)16(18)19/h4-6,9H,7-8H2,1-3H3. The van der Waals surface area contributed by atoms with Crippen molar-refractivity contribution < 1.29 is 19.2 Å². The van der Waals surface area contributed by atoms with Crippen LogP contribution < -0.4 is 4.74 Å². The second-order valence-corrected chi connectivity index (χ2v) is 5.73. The molecule has 0 atom stereocenters. The number of nitrogens with zero attached hydrogens (tertiary/aromatic N) is 3. The molecule has 1 aliphatic rings. The Hall–Kier alpha value is -2.38. The third-order valence-electron chi connectivity index (χ3n) is 2.75. The summed E-state index contributed by atoms with van der Waals surface area (Å²) in [5.41, 5.74) is -0.736. The van der Waals surface area contributed by atoms with Crippen LogP contribution in [0.25, 0.3) is 0 Å². The van der Waals surface area contributed by atoms with E-state index in [9.17, 15) is 14.9 Å². The summed E-state index contributed by atoms with van der Waals surface area (Å²) in [6.07, 6.45) is 1.87. The summed E-state index contributed by atoms with van der Waals surface area (Å²) < 4.78 is 10.7. The number of hydrogen-bond donors (Lipinski definition) is 0. The predicted octanol–water partition coefficient (Wildman–Crippen LogP) is 1.99. The van der Waals surface area contributed by atoms with Gasteiger partial charge in [0.25, 0.3) is 0 Å². The fraction of sp³-hybridized carbons (Fsp3) is 0.538. The normalized spacial score (nSPS) is 15.3. The molecule has 0 aliphatic carbocycles. The Morgan fingerprint density at radius 2 is 2.14 bits per heavy atom. The molecule has 114 valence electrons. The number of carbonyl (C=O) groups is 1. The minimum Gasteiger partial charge on any atom is -0.480 e. The summed E-state index contributed by atoms with van der Waals surface area (Å²) in [6, 6.07) is 1.44. The van der Waals surface area contributed by atoms with Crippen LogP contribution in [0.15, 0.2) is 18.5 Å². The fourth-order valence-corrected chi connectivity index (χ4v) is 1.78. The van der Waals surface area contributed by atoms with Crippen LogP contribution in [0.1, 0.15) is 20.8 Å². The molecular weight excluding hydrogens is 278 g/mol. The molecule has 2 rings (SSSR count). The van der Waals surface area contributed by atoms with Gasteiger partial charge in [0.15, 0.2) is 0 Å². The topological polar surface area (TPSA) is 94.8 Å². The lowest BCUT2D eigenvalue weighted by Crippen LogP contribution is -2.57. The maximum atomic E-state index is 11.7. The van der Waals surface area contributed by atoms with E-state index in [-0.39, 0.29) is 17.5 Å². The molecule has 0 radical (unpaired) electrons. The fourth-order valence-electron chi connectivity index (χ4n) is 1.78. The molecule has 1 fully saturated rings. The molecule has 8 nitrogen and oxygen atoms in total. The average Bonchev–Trinajstić information content (AvgIpc) is 2.31. The van der Waals surface area contributed by atoms with Crippen LogP contribution in [0.4, 0.5) is 10.5 Å². The molecule has 1 saturated heterocycles. The molecule has 1 amide bonds. The van der Waals surface area contributed by atoms with Crippen molar-refractivity contribution in [3.63, 3.8) is 0 Å². The van der Waals surface area contributed by atoms with E-state index in [1.54, 1.807) is 20.8 Å². The number of ether oxygens (including phenoxy) is 2. The van der Waals surface area contributed by atoms with Crippen molar-refractivity contribution in [2.24, 2.45) is 0 Å². The largest absolute Gasteiger partial charge is 0.480 e. The Balaban J connectivity index is 1.89. The van der Waals surface area contributed by atoms with E-state index >= 15 is 0 Å². The van der Waals surface area contributed by atoms with Crippen LogP contribution in [0.2, 0.25) is 0 Å². The van der Waals surface area contributed by atoms with E-state index in [0.717, 1.165) is 6.20 Å². The van der Waals surface area contributed by atoms with E-state index < -0.39 is 16.6 Å². The Labute approximate surface area is 121 Å². The molecule has 1 aliphatic heterocycles. The van der Waals surface area contributed by atoms with Gasteiger partial charge >= 0.3 is 11.8 Å². The third kappa shape index (κ3) is 3.80. The van der Waals surface area contributed by atoms with Crippen LogP contribution in [-0.4, -0.2) is 45.7 Å². The van der Waals surface area contributed by atoms with Gasteiger partial charge < -0.3 is 14.4 Å². The molecule has 0 saturated carbocycles. The zero-order valence-corrected chi connectivity index (χ0v) is 12.1. The SMILES string of the molecule is CC(C)(C)OC(=O)N1CC(Oc2ccncc2[N+](=O)[O-])C1. The van der Waals surface area contributed by atoms with Crippen molar-refractivity contribution in [3.8, 4) is 5.75 Å². The van der Waals surface area contributed by atoms with Gasteiger partial charge in [-0.2, -0.15) is 0 Å². The Bertz CT molecular complexity index is 549. The van der Waals surface area contributed by atoms with Crippen molar-refractivity contribution in [2.75, 3.05) is 13.1 Å². The smallest absolute Gasteiger partial charge is 0.410 e. The van der Waals surface area contributed by atoms with Gasteiger partial charge in [-0.15, -0.1) is 0 Å². The Morgan fingerprint density at radius 1 is 1.48 bits per heavy atom. The highest BCUT2D eigenvalue weighted by Crippen LogP contribution is 2.28. The van der Waals surface area contributed by atoms with E-state index in [1.807, 2.05) is 0 Å². The number of carbonyl (C=O) groups excluding carboxylic acids is 1. The summed E-state index contributed by atoms with van der Waals surface area (Å²) >= 11 is 0. The van der Waals surface area contributed by atoms with Gasteiger partial charge in [0.2, 0.25) is 5.75 Å². The maximum Gasteiger partial charge on any atom is 0.410 e. The van der Waals surface area contributed by atoms with Crippen molar-refractivity contribution in [1.82, 2.24) is 9.88 Å². The molecule has 0 N–H and O–H groups in total. The molecule has 2 heterocycles. The quantitative estimate of drug-likeness (QED) is 0.625. The van der Waals surface area contributed by atoms with Gasteiger partial charge in [0.05, 0.1) is 18.0 Å². The lowest BCUT2D eigenvalue weighted by molar-refractivity contribution is -0.386. The zero-order chi connectivity index (χ0) is 15.6. The number of likely N-dealkylation sites (tertiary alicyclic amines) is 1. The number of aromatic nitrogens is 1. The summed E-state index contributed by atoms with van der Waals surface area (Å²) in [6.45, 7) is 6.06.